The fraction of sp³-hybridized carbons (Fsp3) is 0. The van der Waals surface area contributed by atoms with E-state index in [0.29, 0.717) is 11.3 Å². The molecule has 1 aromatic heterocycles. The molecule has 6 nitrogen and oxygen atoms in total. The Hall–Kier alpha value is -3.12. The number of anilines is 2. The summed E-state index contributed by atoms with van der Waals surface area (Å²) in [4.78, 5) is 17.1. The molecule has 0 saturated heterocycles. The van der Waals surface area contributed by atoms with Crippen LogP contribution < -0.4 is 11.0 Å². The lowest BCUT2D eigenvalue weighted by Gasteiger charge is -2.04. The highest BCUT2D eigenvalue weighted by atomic mass is 16.1. The van der Waals surface area contributed by atoms with Gasteiger partial charge < -0.3 is 5.32 Å². The fourth-order valence-electron chi connectivity index (χ4n) is 1.36. The van der Waals surface area contributed by atoms with Crippen molar-refractivity contribution in [3.8, 4) is 12.1 Å². The molecule has 0 amide bonds. The Morgan fingerprint density at radius 3 is 2.50 bits per heavy atom. The number of H-pyrrole nitrogens is 1. The highest BCUT2D eigenvalue weighted by molar-refractivity contribution is 5.57. The number of nitriles is 2. The monoisotopic (exact) mass is 237 g/mol. The predicted octanol–water partition coefficient (Wildman–Crippen LogP) is 1.26. The van der Waals surface area contributed by atoms with Gasteiger partial charge in [-0.05, 0) is 24.3 Å². The number of rotatable bonds is 2. The van der Waals surface area contributed by atoms with Crippen LogP contribution in [0.15, 0.2) is 35.1 Å². The minimum atomic E-state index is -0.592. The zero-order valence-corrected chi connectivity index (χ0v) is 9.14. The van der Waals surface area contributed by atoms with E-state index in [9.17, 15) is 4.79 Å². The second-order valence-electron chi connectivity index (χ2n) is 3.41. The maximum absolute atomic E-state index is 11.2. The van der Waals surface area contributed by atoms with Crippen LogP contribution >= 0.6 is 0 Å². The van der Waals surface area contributed by atoms with Crippen molar-refractivity contribution in [2.75, 3.05) is 5.32 Å². The van der Waals surface area contributed by atoms with E-state index < -0.39 is 5.69 Å². The third-order valence-corrected chi connectivity index (χ3v) is 2.15. The number of benzene rings is 1. The number of aromatic amines is 1. The van der Waals surface area contributed by atoms with E-state index in [1.807, 2.05) is 12.1 Å². The fourth-order valence-corrected chi connectivity index (χ4v) is 1.36. The van der Waals surface area contributed by atoms with Gasteiger partial charge in [-0.3, -0.25) is 4.98 Å². The standard InChI is InChI=1S/C12H7N5O/c13-6-8-1-3-9(4-2-8)15-11-5-10(7-14)16-12(18)17-11/h1-5H,(H2,15,16,17,18). The van der Waals surface area contributed by atoms with Crippen LogP contribution in [0.1, 0.15) is 11.3 Å². The van der Waals surface area contributed by atoms with Crippen LogP contribution in [0.4, 0.5) is 11.5 Å². The Morgan fingerprint density at radius 2 is 1.89 bits per heavy atom. The normalized spacial score (nSPS) is 9.22. The third kappa shape index (κ3) is 2.52. The minimum Gasteiger partial charge on any atom is -0.340 e. The van der Waals surface area contributed by atoms with Crippen LogP contribution in [0.3, 0.4) is 0 Å². The van der Waals surface area contributed by atoms with Crippen LogP contribution in [-0.2, 0) is 0 Å². The molecule has 0 fully saturated rings. The van der Waals surface area contributed by atoms with E-state index in [1.165, 1.54) is 6.07 Å². The first-order chi connectivity index (χ1) is 8.71. The van der Waals surface area contributed by atoms with Gasteiger partial charge in [0, 0.05) is 11.8 Å². The molecule has 0 aliphatic heterocycles. The predicted molar refractivity (Wildman–Crippen MR) is 64.0 cm³/mol. The SMILES string of the molecule is N#Cc1ccc(Nc2cc(C#N)[nH]c(=O)n2)cc1. The second-order valence-corrected chi connectivity index (χ2v) is 3.41. The number of hydrogen-bond donors (Lipinski definition) is 2. The van der Waals surface area contributed by atoms with E-state index in [4.69, 9.17) is 10.5 Å². The highest BCUT2D eigenvalue weighted by Crippen LogP contribution is 2.14. The van der Waals surface area contributed by atoms with Gasteiger partial charge in [0.1, 0.15) is 17.6 Å². The van der Waals surface area contributed by atoms with Crippen molar-refractivity contribution in [2.24, 2.45) is 0 Å². The van der Waals surface area contributed by atoms with E-state index in [2.05, 4.69) is 15.3 Å². The number of hydrogen-bond acceptors (Lipinski definition) is 5. The number of nitrogens with one attached hydrogen (secondary N) is 2. The summed E-state index contributed by atoms with van der Waals surface area (Å²) < 4.78 is 0. The molecule has 2 N–H and O–H groups in total. The number of aromatic nitrogens is 2. The summed E-state index contributed by atoms with van der Waals surface area (Å²) in [5.74, 6) is 0.278. The molecule has 18 heavy (non-hydrogen) atoms. The lowest BCUT2D eigenvalue weighted by Crippen LogP contribution is -2.13. The zero-order chi connectivity index (χ0) is 13.0. The van der Waals surface area contributed by atoms with E-state index in [0.717, 1.165) is 0 Å². The Morgan fingerprint density at radius 1 is 1.17 bits per heavy atom. The van der Waals surface area contributed by atoms with Crippen molar-refractivity contribution in [2.45, 2.75) is 0 Å². The van der Waals surface area contributed by atoms with E-state index >= 15 is 0 Å². The summed E-state index contributed by atoms with van der Waals surface area (Å²) in [6, 6.07) is 11.9. The third-order valence-electron chi connectivity index (χ3n) is 2.15. The Kier molecular flexibility index (Phi) is 3.04. The quantitative estimate of drug-likeness (QED) is 0.817. The average molecular weight is 237 g/mol. The molecule has 2 rings (SSSR count). The Bertz CT molecular complexity index is 703. The van der Waals surface area contributed by atoms with Crippen LogP contribution in [0, 0.1) is 22.7 Å². The van der Waals surface area contributed by atoms with E-state index in [-0.39, 0.29) is 11.5 Å². The number of nitrogens with zero attached hydrogens (tertiary/aromatic N) is 3. The van der Waals surface area contributed by atoms with Crippen LogP contribution in [-0.4, -0.2) is 9.97 Å². The Labute approximate surface area is 102 Å². The molecule has 1 aromatic carbocycles. The summed E-state index contributed by atoms with van der Waals surface area (Å²) >= 11 is 0. The first-order valence-corrected chi connectivity index (χ1v) is 5.00. The van der Waals surface area contributed by atoms with Gasteiger partial charge in [-0.1, -0.05) is 0 Å². The van der Waals surface area contributed by atoms with Crippen LogP contribution in [0.2, 0.25) is 0 Å². The van der Waals surface area contributed by atoms with Gasteiger partial charge in [-0.15, -0.1) is 0 Å². The molecule has 2 aromatic rings. The molecular formula is C12H7N5O. The molecular weight excluding hydrogens is 230 g/mol. The summed E-state index contributed by atoms with van der Waals surface area (Å²) in [6.07, 6.45) is 0. The van der Waals surface area contributed by atoms with Gasteiger partial charge in [0.2, 0.25) is 0 Å². The van der Waals surface area contributed by atoms with Gasteiger partial charge in [0.25, 0.3) is 0 Å². The van der Waals surface area contributed by atoms with Crippen molar-refractivity contribution in [3.63, 3.8) is 0 Å². The first-order valence-electron chi connectivity index (χ1n) is 5.00. The van der Waals surface area contributed by atoms with Crippen LogP contribution in [0.25, 0.3) is 0 Å². The maximum atomic E-state index is 11.2. The van der Waals surface area contributed by atoms with Gasteiger partial charge >= 0.3 is 5.69 Å². The minimum absolute atomic E-state index is 0.131. The molecule has 0 radical (unpaired) electrons. The lowest BCUT2D eigenvalue weighted by molar-refractivity contribution is 1.06. The van der Waals surface area contributed by atoms with Gasteiger partial charge in [-0.2, -0.15) is 15.5 Å². The van der Waals surface area contributed by atoms with Crippen LogP contribution in [0.5, 0.6) is 0 Å². The Balaban J connectivity index is 2.29. The topological polar surface area (TPSA) is 105 Å². The largest absolute Gasteiger partial charge is 0.347 e. The van der Waals surface area contributed by atoms with Crippen molar-refractivity contribution in [1.29, 1.82) is 10.5 Å². The molecule has 0 bridgehead atoms. The molecule has 86 valence electrons. The van der Waals surface area contributed by atoms with Gasteiger partial charge in [-0.25, -0.2) is 4.79 Å². The van der Waals surface area contributed by atoms with Gasteiger partial charge in [0.05, 0.1) is 11.6 Å². The summed E-state index contributed by atoms with van der Waals surface area (Å²) in [6.45, 7) is 0. The average Bonchev–Trinajstić information content (AvgIpc) is 2.39. The molecule has 1 heterocycles. The highest BCUT2D eigenvalue weighted by Gasteiger charge is 2.01. The molecule has 6 heteroatoms. The maximum Gasteiger partial charge on any atom is 0.347 e. The van der Waals surface area contributed by atoms with Gasteiger partial charge in [0.15, 0.2) is 0 Å². The van der Waals surface area contributed by atoms with Crippen molar-refractivity contribution in [3.05, 3.63) is 52.1 Å². The first kappa shape index (κ1) is 11.4. The smallest absolute Gasteiger partial charge is 0.340 e. The van der Waals surface area contributed by atoms with Crippen molar-refractivity contribution in [1.82, 2.24) is 9.97 Å². The summed E-state index contributed by atoms with van der Waals surface area (Å²) in [7, 11) is 0. The zero-order valence-electron chi connectivity index (χ0n) is 9.14. The molecule has 0 spiro atoms. The molecule has 0 unspecified atom stereocenters. The van der Waals surface area contributed by atoms with Crippen molar-refractivity contribution < 1.29 is 0 Å². The molecule has 0 aliphatic rings. The van der Waals surface area contributed by atoms with E-state index in [1.54, 1.807) is 24.3 Å². The molecule has 0 saturated carbocycles. The summed E-state index contributed by atoms with van der Waals surface area (Å²) in [5, 5.41) is 20.2. The summed E-state index contributed by atoms with van der Waals surface area (Å²) in [5.41, 5.74) is 0.754. The van der Waals surface area contributed by atoms with Crippen molar-refractivity contribution >= 4 is 11.5 Å². The molecule has 0 atom stereocenters. The lowest BCUT2D eigenvalue weighted by atomic mass is 10.2. The molecule has 0 aliphatic carbocycles. The second kappa shape index (κ2) is 4.81.